The summed E-state index contributed by atoms with van der Waals surface area (Å²) >= 11 is 1.70. The molecule has 2 aromatic rings. The molecule has 2 aromatic heterocycles. The number of nitrogens with one attached hydrogen (secondary N) is 1. The van der Waals surface area contributed by atoms with Crippen molar-refractivity contribution in [3.05, 3.63) is 23.8 Å². The minimum atomic E-state index is -4.54. The molecule has 6 nitrogen and oxygen atoms in total. The molecule has 3 heterocycles. The molecule has 1 aliphatic rings. The van der Waals surface area contributed by atoms with Crippen LogP contribution in [0.1, 0.15) is 24.2 Å². The third kappa shape index (κ3) is 4.12. The second-order valence-corrected chi connectivity index (χ2v) is 7.15. The highest BCUT2D eigenvalue weighted by Crippen LogP contribution is 2.35. The van der Waals surface area contributed by atoms with E-state index in [0.29, 0.717) is 5.82 Å². The Morgan fingerprint density at radius 3 is 2.46 bits per heavy atom. The average Bonchev–Trinajstić information content (AvgIpc) is 2.93. The number of imidazole rings is 1. The molecule has 0 aliphatic carbocycles. The highest BCUT2D eigenvalue weighted by Gasteiger charge is 2.36. The maximum atomic E-state index is 13.4. The van der Waals surface area contributed by atoms with E-state index in [1.165, 1.54) is 0 Å². The number of anilines is 1. The molecular weight excluding hydrogens is 365 g/mol. The van der Waals surface area contributed by atoms with Gasteiger partial charge in [0.05, 0.1) is 0 Å². The van der Waals surface area contributed by atoms with Gasteiger partial charge in [-0.2, -0.15) is 13.2 Å². The lowest BCUT2D eigenvalue weighted by Crippen LogP contribution is -2.35. The molecule has 0 aromatic carbocycles. The van der Waals surface area contributed by atoms with Crippen molar-refractivity contribution in [2.24, 2.45) is 7.05 Å². The number of alkyl halides is 3. The Labute approximate surface area is 154 Å². The standard InChI is InChI=1S/C16H21F3N6S/c1-10-21-13(9-24(10)2)14-12(16(17,18)19)8-20-15(23-14)22-11-4-6-25(26-3)7-5-11/h8-9,11H,4-7H2,1-3H3,(H,20,22,23). The van der Waals surface area contributed by atoms with Gasteiger partial charge < -0.3 is 9.88 Å². The number of rotatable bonds is 4. The predicted octanol–water partition coefficient (Wildman–Crippen LogP) is 3.36. The van der Waals surface area contributed by atoms with Crippen LogP contribution in [0.15, 0.2) is 12.4 Å². The first-order chi connectivity index (χ1) is 12.3. The van der Waals surface area contributed by atoms with Gasteiger partial charge in [-0.1, -0.05) is 11.9 Å². The van der Waals surface area contributed by atoms with Crippen molar-refractivity contribution in [3.8, 4) is 11.4 Å². The second kappa shape index (κ2) is 7.43. The van der Waals surface area contributed by atoms with Crippen LogP contribution >= 0.6 is 11.9 Å². The third-order valence-electron chi connectivity index (χ3n) is 4.49. The van der Waals surface area contributed by atoms with Gasteiger partial charge in [0.1, 0.15) is 22.8 Å². The summed E-state index contributed by atoms with van der Waals surface area (Å²) in [4.78, 5) is 12.3. The van der Waals surface area contributed by atoms with Crippen LogP contribution in [-0.4, -0.2) is 49.2 Å². The number of piperidine rings is 1. The average molecular weight is 386 g/mol. The van der Waals surface area contributed by atoms with Crippen molar-refractivity contribution in [2.45, 2.75) is 32.0 Å². The van der Waals surface area contributed by atoms with Gasteiger partial charge in [-0.25, -0.2) is 15.0 Å². The number of aryl methyl sites for hydroxylation is 2. The first kappa shape index (κ1) is 19.0. The van der Waals surface area contributed by atoms with Crippen LogP contribution in [-0.2, 0) is 13.2 Å². The largest absolute Gasteiger partial charge is 0.420 e. The Balaban J connectivity index is 1.88. The van der Waals surface area contributed by atoms with E-state index in [-0.39, 0.29) is 23.4 Å². The van der Waals surface area contributed by atoms with E-state index in [9.17, 15) is 13.2 Å². The van der Waals surface area contributed by atoms with Crippen LogP contribution in [0.4, 0.5) is 19.1 Å². The summed E-state index contributed by atoms with van der Waals surface area (Å²) in [6, 6.07) is 0.147. The maximum Gasteiger partial charge on any atom is 0.420 e. The molecule has 1 saturated heterocycles. The molecule has 1 fully saturated rings. The van der Waals surface area contributed by atoms with E-state index in [1.54, 1.807) is 36.7 Å². The molecule has 0 unspecified atom stereocenters. The van der Waals surface area contributed by atoms with Crippen LogP contribution in [0.25, 0.3) is 11.4 Å². The van der Waals surface area contributed by atoms with E-state index in [2.05, 4.69) is 24.6 Å². The van der Waals surface area contributed by atoms with Gasteiger partial charge in [0.25, 0.3) is 0 Å². The first-order valence-corrected chi connectivity index (χ1v) is 9.46. The molecule has 0 saturated carbocycles. The highest BCUT2D eigenvalue weighted by atomic mass is 32.2. The summed E-state index contributed by atoms with van der Waals surface area (Å²) in [5.41, 5.74) is -0.876. The summed E-state index contributed by atoms with van der Waals surface area (Å²) in [5.74, 6) is 0.824. The topological polar surface area (TPSA) is 58.9 Å². The maximum absolute atomic E-state index is 13.4. The van der Waals surface area contributed by atoms with Crippen molar-refractivity contribution >= 4 is 17.9 Å². The van der Waals surface area contributed by atoms with Gasteiger partial charge in [0.15, 0.2) is 0 Å². The number of hydrogen-bond acceptors (Lipinski definition) is 6. The molecule has 1 N–H and O–H groups in total. The number of nitrogens with zero attached hydrogens (tertiary/aromatic N) is 5. The Bertz CT molecular complexity index is 748. The molecule has 0 bridgehead atoms. The molecule has 1 aliphatic heterocycles. The van der Waals surface area contributed by atoms with Gasteiger partial charge in [-0.05, 0) is 26.0 Å². The fourth-order valence-electron chi connectivity index (χ4n) is 2.89. The predicted molar refractivity (Wildman–Crippen MR) is 95.7 cm³/mol. The van der Waals surface area contributed by atoms with Crippen LogP contribution in [0.3, 0.4) is 0 Å². The Hall–Kier alpha value is -1.81. The summed E-state index contributed by atoms with van der Waals surface area (Å²) in [5, 5.41) is 3.18. The minimum absolute atomic E-state index is 0.147. The molecule has 142 valence electrons. The fourth-order valence-corrected chi connectivity index (χ4v) is 3.47. The van der Waals surface area contributed by atoms with Crippen molar-refractivity contribution < 1.29 is 13.2 Å². The van der Waals surface area contributed by atoms with Crippen LogP contribution in [0, 0.1) is 6.92 Å². The van der Waals surface area contributed by atoms with E-state index >= 15 is 0 Å². The normalized spacial score (nSPS) is 16.8. The molecule has 3 rings (SSSR count). The lowest BCUT2D eigenvalue weighted by Gasteiger charge is -2.30. The fraction of sp³-hybridized carbons (Fsp3) is 0.562. The molecule has 0 amide bonds. The third-order valence-corrected chi connectivity index (χ3v) is 5.37. The number of aromatic nitrogens is 4. The van der Waals surface area contributed by atoms with E-state index in [1.807, 2.05) is 6.26 Å². The Morgan fingerprint density at radius 2 is 1.92 bits per heavy atom. The molecule has 0 spiro atoms. The van der Waals surface area contributed by atoms with Crippen molar-refractivity contribution in [3.63, 3.8) is 0 Å². The zero-order chi connectivity index (χ0) is 18.9. The van der Waals surface area contributed by atoms with Crippen LogP contribution in [0.2, 0.25) is 0 Å². The lowest BCUT2D eigenvalue weighted by molar-refractivity contribution is -0.137. The van der Waals surface area contributed by atoms with Crippen molar-refractivity contribution in [1.29, 1.82) is 0 Å². The smallest absolute Gasteiger partial charge is 0.351 e. The van der Waals surface area contributed by atoms with Crippen LogP contribution in [0.5, 0.6) is 0 Å². The SMILES string of the molecule is CSN1CCC(Nc2ncc(C(F)(F)F)c(-c3cn(C)c(C)n3)n2)CC1. The monoisotopic (exact) mass is 386 g/mol. The van der Waals surface area contributed by atoms with E-state index in [0.717, 1.165) is 32.1 Å². The minimum Gasteiger partial charge on any atom is -0.351 e. The molecule has 0 radical (unpaired) electrons. The lowest BCUT2D eigenvalue weighted by atomic mass is 10.1. The molecule has 10 heteroatoms. The first-order valence-electron chi connectivity index (χ1n) is 8.28. The molecule has 0 atom stereocenters. The second-order valence-electron chi connectivity index (χ2n) is 6.27. The molecular formula is C16H21F3N6S. The van der Waals surface area contributed by atoms with Gasteiger partial charge >= 0.3 is 6.18 Å². The summed E-state index contributed by atoms with van der Waals surface area (Å²) in [6.07, 6.45) is 1.67. The van der Waals surface area contributed by atoms with E-state index < -0.39 is 11.7 Å². The van der Waals surface area contributed by atoms with Crippen LogP contribution < -0.4 is 5.32 Å². The van der Waals surface area contributed by atoms with Gasteiger partial charge in [0, 0.05) is 38.6 Å². The van der Waals surface area contributed by atoms with Gasteiger partial charge in [-0.15, -0.1) is 0 Å². The number of halogens is 3. The quantitative estimate of drug-likeness (QED) is 0.814. The van der Waals surface area contributed by atoms with Crippen molar-refractivity contribution in [2.75, 3.05) is 24.7 Å². The Morgan fingerprint density at radius 1 is 1.23 bits per heavy atom. The summed E-state index contributed by atoms with van der Waals surface area (Å²) < 4.78 is 44.0. The Kier molecular flexibility index (Phi) is 5.42. The summed E-state index contributed by atoms with van der Waals surface area (Å²) in [6.45, 7) is 3.58. The zero-order valence-electron chi connectivity index (χ0n) is 14.8. The van der Waals surface area contributed by atoms with Gasteiger partial charge in [0.2, 0.25) is 5.95 Å². The highest BCUT2D eigenvalue weighted by molar-refractivity contribution is 7.96. The van der Waals surface area contributed by atoms with Gasteiger partial charge in [-0.3, -0.25) is 4.31 Å². The molecule has 26 heavy (non-hydrogen) atoms. The number of hydrogen-bond donors (Lipinski definition) is 1. The zero-order valence-corrected chi connectivity index (χ0v) is 15.7. The van der Waals surface area contributed by atoms with E-state index in [4.69, 9.17) is 0 Å². The summed E-state index contributed by atoms with van der Waals surface area (Å²) in [7, 11) is 1.74. The van der Waals surface area contributed by atoms with Crippen molar-refractivity contribution in [1.82, 2.24) is 23.8 Å².